The maximum Gasteiger partial charge on any atom is 0.251 e. The molecule has 1 amide bonds. The first-order valence-corrected chi connectivity index (χ1v) is 6.08. The molecule has 0 aliphatic rings. The fourth-order valence-corrected chi connectivity index (χ4v) is 1.91. The Kier molecular flexibility index (Phi) is 3.98. The molecule has 5 heteroatoms. The minimum Gasteiger partial charge on any atom is -0.378 e. The van der Waals surface area contributed by atoms with Gasteiger partial charge in [0.05, 0.1) is 5.56 Å². The number of nitrogens with one attached hydrogen (secondary N) is 1. The van der Waals surface area contributed by atoms with Gasteiger partial charge in [-0.05, 0) is 42.8 Å². The van der Waals surface area contributed by atoms with Crippen LogP contribution in [0.2, 0.25) is 0 Å². The van der Waals surface area contributed by atoms with Crippen LogP contribution in [0, 0.1) is 11.6 Å². The van der Waals surface area contributed by atoms with Gasteiger partial charge >= 0.3 is 0 Å². The third kappa shape index (κ3) is 3.12. The number of carbonyl (C=O) groups excluding carboxylic acids is 1. The molecule has 0 saturated heterocycles. The second-order valence-corrected chi connectivity index (χ2v) is 4.48. The number of carbonyl (C=O) groups is 1. The Balaban J connectivity index is 2.22. The molecule has 3 nitrogen and oxygen atoms in total. The van der Waals surface area contributed by atoms with Crippen LogP contribution in [0.3, 0.4) is 0 Å². The standard InChI is InChI=1S/C15H14F2N2O/c1-9(10-3-2-4-11(16)7-10)19-12-5-6-14(17)13(8-12)15(18)20/h2-9,19H,1H3,(H2,18,20). The second kappa shape index (κ2) is 5.69. The molecule has 0 aromatic heterocycles. The Labute approximate surface area is 115 Å². The quantitative estimate of drug-likeness (QED) is 0.900. The van der Waals surface area contributed by atoms with Crippen molar-refractivity contribution in [1.29, 1.82) is 0 Å². The average Bonchev–Trinajstić information content (AvgIpc) is 2.40. The maximum absolute atomic E-state index is 13.4. The summed E-state index contributed by atoms with van der Waals surface area (Å²) in [6, 6.07) is 9.97. The van der Waals surface area contributed by atoms with E-state index in [4.69, 9.17) is 5.73 Å². The van der Waals surface area contributed by atoms with Crippen molar-refractivity contribution in [2.45, 2.75) is 13.0 Å². The van der Waals surface area contributed by atoms with Gasteiger partial charge in [0, 0.05) is 11.7 Å². The minimum absolute atomic E-state index is 0.179. The molecule has 0 heterocycles. The number of anilines is 1. The molecule has 2 aromatic carbocycles. The van der Waals surface area contributed by atoms with Gasteiger partial charge in [-0.15, -0.1) is 0 Å². The molecule has 104 valence electrons. The number of rotatable bonds is 4. The molecule has 3 N–H and O–H groups in total. The lowest BCUT2D eigenvalue weighted by molar-refractivity contribution is 0.0996. The molecule has 0 bridgehead atoms. The average molecular weight is 276 g/mol. The highest BCUT2D eigenvalue weighted by Crippen LogP contribution is 2.21. The highest BCUT2D eigenvalue weighted by atomic mass is 19.1. The predicted molar refractivity (Wildman–Crippen MR) is 73.4 cm³/mol. The minimum atomic E-state index is -0.829. The monoisotopic (exact) mass is 276 g/mol. The summed E-state index contributed by atoms with van der Waals surface area (Å²) in [6.07, 6.45) is 0. The van der Waals surface area contributed by atoms with Crippen molar-refractivity contribution < 1.29 is 13.6 Å². The van der Waals surface area contributed by atoms with Crippen LogP contribution >= 0.6 is 0 Å². The number of amides is 1. The molecule has 0 saturated carbocycles. The van der Waals surface area contributed by atoms with Gasteiger partial charge in [0.15, 0.2) is 0 Å². The third-order valence-corrected chi connectivity index (χ3v) is 2.96. The van der Waals surface area contributed by atoms with Crippen molar-refractivity contribution >= 4 is 11.6 Å². The molecule has 0 fully saturated rings. The van der Waals surface area contributed by atoms with E-state index in [1.54, 1.807) is 12.1 Å². The zero-order chi connectivity index (χ0) is 14.7. The van der Waals surface area contributed by atoms with E-state index in [0.29, 0.717) is 5.69 Å². The van der Waals surface area contributed by atoms with Crippen LogP contribution < -0.4 is 11.1 Å². The van der Waals surface area contributed by atoms with E-state index in [1.807, 2.05) is 6.92 Å². The van der Waals surface area contributed by atoms with Gasteiger partial charge in [0.25, 0.3) is 5.91 Å². The summed E-state index contributed by atoms with van der Waals surface area (Å²) in [6.45, 7) is 1.84. The third-order valence-electron chi connectivity index (χ3n) is 2.96. The fraction of sp³-hybridized carbons (Fsp3) is 0.133. The van der Waals surface area contributed by atoms with Gasteiger partial charge in [-0.1, -0.05) is 12.1 Å². The van der Waals surface area contributed by atoms with Crippen molar-refractivity contribution in [3.63, 3.8) is 0 Å². The van der Waals surface area contributed by atoms with Crippen LogP contribution in [-0.2, 0) is 0 Å². The largest absolute Gasteiger partial charge is 0.378 e. The molecule has 20 heavy (non-hydrogen) atoms. The van der Waals surface area contributed by atoms with E-state index in [-0.39, 0.29) is 17.4 Å². The number of halogens is 2. The van der Waals surface area contributed by atoms with Crippen molar-refractivity contribution in [1.82, 2.24) is 0 Å². The van der Waals surface area contributed by atoms with Gasteiger partial charge in [-0.2, -0.15) is 0 Å². The Morgan fingerprint density at radius 2 is 1.95 bits per heavy atom. The Hall–Kier alpha value is -2.43. The van der Waals surface area contributed by atoms with Crippen molar-refractivity contribution in [2.24, 2.45) is 5.73 Å². The summed E-state index contributed by atoms with van der Waals surface area (Å²) in [4.78, 5) is 11.1. The Bertz CT molecular complexity index is 644. The molecule has 2 aromatic rings. The SMILES string of the molecule is CC(Nc1ccc(F)c(C(N)=O)c1)c1cccc(F)c1. The molecule has 0 aliphatic carbocycles. The molecule has 1 atom stereocenters. The van der Waals surface area contributed by atoms with Gasteiger partial charge < -0.3 is 11.1 Å². The molecular weight excluding hydrogens is 262 g/mol. The lowest BCUT2D eigenvalue weighted by Crippen LogP contribution is -2.14. The Morgan fingerprint density at radius 1 is 1.20 bits per heavy atom. The van der Waals surface area contributed by atoms with E-state index in [9.17, 15) is 13.6 Å². The number of nitrogens with two attached hydrogens (primary N) is 1. The zero-order valence-electron chi connectivity index (χ0n) is 10.9. The molecule has 0 radical (unpaired) electrons. The number of hydrogen-bond donors (Lipinski definition) is 2. The van der Waals surface area contributed by atoms with Crippen LogP contribution in [0.4, 0.5) is 14.5 Å². The molecule has 2 rings (SSSR count). The van der Waals surface area contributed by atoms with Crippen LogP contribution in [0.15, 0.2) is 42.5 Å². The predicted octanol–water partition coefficient (Wildman–Crippen LogP) is 3.24. The lowest BCUT2D eigenvalue weighted by atomic mass is 10.1. The second-order valence-electron chi connectivity index (χ2n) is 4.48. The van der Waals surface area contributed by atoms with Gasteiger partial charge in [-0.25, -0.2) is 8.78 Å². The van der Waals surface area contributed by atoms with Crippen molar-refractivity contribution in [3.05, 3.63) is 65.2 Å². The summed E-state index contributed by atoms with van der Waals surface area (Å²) in [5, 5.41) is 3.07. The topological polar surface area (TPSA) is 55.1 Å². The lowest BCUT2D eigenvalue weighted by Gasteiger charge is -2.16. The Morgan fingerprint density at radius 3 is 2.60 bits per heavy atom. The van der Waals surface area contributed by atoms with Crippen LogP contribution in [0.1, 0.15) is 28.9 Å². The van der Waals surface area contributed by atoms with Crippen LogP contribution in [0.25, 0.3) is 0 Å². The van der Waals surface area contributed by atoms with Gasteiger partial charge in [0.1, 0.15) is 11.6 Å². The molecule has 1 unspecified atom stereocenters. The summed E-state index contributed by atoms with van der Waals surface area (Å²) < 4.78 is 26.5. The normalized spacial score (nSPS) is 11.9. The summed E-state index contributed by atoms with van der Waals surface area (Å²) in [7, 11) is 0. The van der Waals surface area contributed by atoms with Gasteiger partial charge in [-0.3, -0.25) is 4.79 Å². The molecule has 0 aliphatic heterocycles. The van der Waals surface area contributed by atoms with E-state index < -0.39 is 11.7 Å². The van der Waals surface area contributed by atoms with E-state index in [0.717, 1.165) is 5.56 Å². The smallest absolute Gasteiger partial charge is 0.251 e. The fourth-order valence-electron chi connectivity index (χ4n) is 1.91. The summed E-state index contributed by atoms with van der Waals surface area (Å²) >= 11 is 0. The van der Waals surface area contributed by atoms with Crippen LogP contribution in [0.5, 0.6) is 0 Å². The zero-order valence-corrected chi connectivity index (χ0v) is 10.9. The van der Waals surface area contributed by atoms with Crippen molar-refractivity contribution in [2.75, 3.05) is 5.32 Å². The summed E-state index contributed by atoms with van der Waals surface area (Å²) in [5.74, 6) is -1.82. The van der Waals surface area contributed by atoms with E-state index >= 15 is 0 Å². The number of primary amides is 1. The first kappa shape index (κ1) is 14.0. The summed E-state index contributed by atoms with van der Waals surface area (Å²) in [5.41, 5.74) is 6.19. The first-order valence-electron chi connectivity index (χ1n) is 6.08. The highest BCUT2D eigenvalue weighted by molar-refractivity contribution is 5.94. The number of benzene rings is 2. The van der Waals surface area contributed by atoms with E-state index in [1.165, 1.54) is 30.3 Å². The van der Waals surface area contributed by atoms with E-state index in [2.05, 4.69) is 5.32 Å². The highest BCUT2D eigenvalue weighted by Gasteiger charge is 2.11. The maximum atomic E-state index is 13.4. The first-order chi connectivity index (χ1) is 9.47. The van der Waals surface area contributed by atoms with Gasteiger partial charge in [0.2, 0.25) is 0 Å². The van der Waals surface area contributed by atoms with Crippen molar-refractivity contribution in [3.8, 4) is 0 Å². The molecule has 0 spiro atoms. The number of hydrogen-bond acceptors (Lipinski definition) is 2. The van der Waals surface area contributed by atoms with Crippen LogP contribution in [-0.4, -0.2) is 5.91 Å². The molecular formula is C15H14F2N2O.